The molecule has 0 saturated carbocycles. The molecule has 0 bridgehead atoms. The quantitative estimate of drug-likeness (QED) is 0.806. The average Bonchev–Trinajstić information content (AvgIpc) is 3.02. The Balaban J connectivity index is 2.39. The van der Waals surface area contributed by atoms with E-state index in [-0.39, 0.29) is 18.9 Å². The molecule has 0 aliphatic heterocycles. The Labute approximate surface area is 126 Å². The Morgan fingerprint density at radius 2 is 2.18 bits per heavy atom. The van der Waals surface area contributed by atoms with Crippen molar-refractivity contribution in [2.75, 3.05) is 20.3 Å². The number of aromatic amines is 1. The number of carbonyl (C=O) groups excluding carboxylic acids is 1. The van der Waals surface area contributed by atoms with Gasteiger partial charge in [0.25, 0.3) is 0 Å². The summed E-state index contributed by atoms with van der Waals surface area (Å²) in [6.07, 6.45) is 0. The van der Waals surface area contributed by atoms with E-state index in [2.05, 4.69) is 15.4 Å². The van der Waals surface area contributed by atoms with E-state index in [0.717, 1.165) is 0 Å². The van der Waals surface area contributed by atoms with Gasteiger partial charge in [-0.15, -0.1) is 5.10 Å². The van der Waals surface area contributed by atoms with Crippen molar-refractivity contribution in [2.45, 2.75) is 6.92 Å². The van der Waals surface area contributed by atoms with Crippen molar-refractivity contribution in [3.63, 3.8) is 0 Å². The molecule has 8 nitrogen and oxygen atoms in total. The molecule has 114 valence electrons. The van der Waals surface area contributed by atoms with Crippen LogP contribution < -0.4 is 9.47 Å². The summed E-state index contributed by atoms with van der Waals surface area (Å²) >= 11 is 0. The SMILES string of the molecule is CCOC(=O)c1n[nH]nc1-c1ccc(OC)c(OCC#N)c1. The average molecular weight is 302 g/mol. The molecular weight excluding hydrogens is 288 g/mol. The molecule has 1 aromatic heterocycles. The lowest BCUT2D eigenvalue weighted by Gasteiger charge is -2.09. The molecule has 0 saturated heterocycles. The maximum atomic E-state index is 11.8. The third kappa shape index (κ3) is 3.15. The number of esters is 1. The summed E-state index contributed by atoms with van der Waals surface area (Å²) in [5, 5.41) is 18.8. The lowest BCUT2D eigenvalue weighted by atomic mass is 10.1. The minimum atomic E-state index is -0.568. The van der Waals surface area contributed by atoms with E-state index in [1.165, 1.54) is 7.11 Å². The fraction of sp³-hybridized carbons (Fsp3) is 0.286. The second-order valence-corrected chi connectivity index (χ2v) is 4.05. The Bertz CT molecular complexity index is 705. The number of methoxy groups -OCH3 is 1. The number of nitriles is 1. The number of rotatable bonds is 6. The van der Waals surface area contributed by atoms with E-state index in [1.54, 1.807) is 25.1 Å². The molecule has 2 rings (SSSR count). The topological polar surface area (TPSA) is 110 Å². The highest BCUT2D eigenvalue weighted by Gasteiger charge is 2.20. The van der Waals surface area contributed by atoms with Gasteiger partial charge in [0.05, 0.1) is 13.7 Å². The van der Waals surface area contributed by atoms with Crippen LogP contribution in [-0.4, -0.2) is 41.7 Å². The molecule has 0 radical (unpaired) electrons. The Kier molecular flexibility index (Phi) is 4.93. The maximum absolute atomic E-state index is 11.8. The fourth-order valence-electron chi connectivity index (χ4n) is 1.82. The van der Waals surface area contributed by atoms with Gasteiger partial charge in [0.2, 0.25) is 0 Å². The van der Waals surface area contributed by atoms with E-state index in [9.17, 15) is 4.79 Å². The van der Waals surface area contributed by atoms with Crippen molar-refractivity contribution in [1.29, 1.82) is 5.26 Å². The summed E-state index contributed by atoms with van der Waals surface area (Å²) in [7, 11) is 1.49. The van der Waals surface area contributed by atoms with Crippen LogP contribution in [0.25, 0.3) is 11.3 Å². The maximum Gasteiger partial charge on any atom is 0.361 e. The summed E-state index contributed by atoms with van der Waals surface area (Å²) < 4.78 is 15.4. The van der Waals surface area contributed by atoms with E-state index in [4.69, 9.17) is 19.5 Å². The molecule has 0 fully saturated rings. The Morgan fingerprint density at radius 1 is 1.36 bits per heavy atom. The zero-order valence-electron chi connectivity index (χ0n) is 12.1. The predicted octanol–water partition coefficient (Wildman–Crippen LogP) is 1.56. The first kappa shape index (κ1) is 15.3. The molecule has 0 spiro atoms. The molecule has 1 aromatic carbocycles. The highest BCUT2D eigenvalue weighted by molar-refractivity contribution is 5.94. The van der Waals surface area contributed by atoms with Gasteiger partial charge in [-0.25, -0.2) is 4.79 Å². The van der Waals surface area contributed by atoms with Crippen LogP contribution >= 0.6 is 0 Å². The zero-order valence-corrected chi connectivity index (χ0v) is 12.1. The smallest absolute Gasteiger partial charge is 0.361 e. The normalized spacial score (nSPS) is 9.86. The Morgan fingerprint density at radius 3 is 2.86 bits per heavy atom. The lowest BCUT2D eigenvalue weighted by molar-refractivity contribution is 0.0520. The number of carbonyl (C=O) groups is 1. The van der Waals surface area contributed by atoms with Gasteiger partial charge in [-0.1, -0.05) is 0 Å². The van der Waals surface area contributed by atoms with Gasteiger partial charge in [0, 0.05) is 5.56 Å². The van der Waals surface area contributed by atoms with Crippen LogP contribution in [0.15, 0.2) is 18.2 Å². The fourth-order valence-corrected chi connectivity index (χ4v) is 1.82. The van der Waals surface area contributed by atoms with Crippen molar-refractivity contribution in [3.05, 3.63) is 23.9 Å². The first-order chi connectivity index (χ1) is 10.7. The van der Waals surface area contributed by atoms with Crippen LogP contribution in [-0.2, 0) is 4.74 Å². The monoisotopic (exact) mass is 302 g/mol. The highest BCUT2D eigenvalue weighted by Crippen LogP contribution is 2.32. The molecule has 22 heavy (non-hydrogen) atoms. The minimum absolute atomic E-state index is 0.0817. The zero-order chi connectivity index (χ0) is 15.9. The van der Waals surface area contributed by atoms with Gasteiger partial charge in [-0.3, -0.25) is 0 Å². The standard InChI is InChI=1S/C14H14N4O4/c1-3-21-14(19)13-12(16-18-17-13)9-4-5-10(20-2)11(8-9)22-7-6-15/h4-5,8H,3,7H2,1-2H3,(H,16,17,18). The van der Waals surface area contributed by atoms with Crippen molar-refractivity contribution in [3.8, 4) is 28.8 Å². The molecule has 0 amide bonds. The largest absolute Gasteiger partial charge is 0.493 e. The summed E-state index contributed by atoms with van der Waals surface area (Å²) in [6, 6.07) is 6.87. The van der Waals surface area contributed by atoms with Crippen LogP contribution in [0.1, 0.15) is 17.4 Å². The van der Waals surface area contributed by atoms with Crippen LogP contribution in [0.3, 0.4) is 0 Å². The third-order valence-electron chi connectivity index (χ3n) is 2.75. The molecule has 2 aromatic rings. The molecule has 8 heteroatoms. The van der Waals surface area contributed by atoms with Gasteiger partial charge < -0.3 is 14.2 Å². The van der Waals surface area contributed by atoms with Gasteiger partial charge >= 0.3 is 5.97 Å². The first-order valence-electron chi connectivity index (χ1n) is 6.47. The van der Waals surface area contributed by atoms with Gasteiger partial charge in [-0.05, 0) is 25.1 Å². The van der Waals surface area contributed by atoms with Gasteiger partial charge in [-0.2, -0.15) is 15.6 Å². The predicted molar refractivity (Wildman–Crippen MR) is 75.4 cm³/mol. The molecule has 0 atom stereocenters. The van der Waals surface area contributed by atoms with Crippen LogP contribution in [0.5, 0.6) is 11.5 Å². The molecule has 1 N–H and O–H groups in total. The number of nitrogens with zero attached hydrogens (tertiary/aromatic N) is 3. The van der Waals surface area contributed by atoms with Gasteiger partial charge in [0.15, 0.2) is 23.8 Å². The van der Waals surface area contributed by atoms with Crippen molar-refractivity contribution >= 4 is 5.97 Å². The van der Waals surface area contributed by atoms with Crippen LogP contribution in [0, 0.1) is 11.3 Å². The van der Waals surface area contributed by atoms with Crippen LogP contribution in [0.4, 0.5) is 0 Å². The lowest BCUT2D eigenvalue weighted by Crippen LogP contribution is -2.07. The first-order valence-corrected chi connectivity index (χ1v) is 6.47. The molecular formula is C14H14N4O4. The number of hydrogen-bond acceptors (Lipinski definition) is 7. The summed E-state index contributed by atoms with van der Waals surface area (Å²) in [5.74, 6) is 0.279. The third-order valence-corrected chi connectivity index (χ3v) is 2.75. The summed E-state index contributed by atoms with van der Waals surface area (Å²) in [5.41, 5.74) is 1.01. The number of aromatic nitrogens is 3. The van der Waals surface area contributed by atoms with Crippen molar-refractivity contribution < 1.29 is 19.0 Å². The second-order valence-electron chi connectivity index (χ2n) is 4.05. The van der Waals surface area contributed by atoms with Crippen molar-refractivity contribution in [1.82, 2.24) is 15.4 Å². The van der Waals surface area contributed by atoms with E-state index >= 15 is 0 Å². The molecule has 0 aliphatic rings. The molecule has 1 heterocycles. The Hall–Kier alpha value is -3.08. The van der Waals surface area contributed by atoms with Crippen LogP contribution in [0.2, 0.25) is 0 Å². The molecule has 0 aliphatic carbocycles. The molecule has 0 unspecified atom stereocenters. The number of hydrogen-bond donors (Lipinski definition) is 1. The summed E-state index contributed by atoms with van der Waals surface area (Å²) in [4.78, 5) is 11.8. The number of benzene rings is 1. The minimum Gasteiger partial charge on any atom is -0.493 e. The second kappa shape index (κ2) is 7.08. The van der Waals surface area contributed by atoms with Crippen molar-refractivity contribution in [2.24, 2.45) is 0 Å². The number of nitrogens with one attached hydrogen (secondary N) is 1. The van der Waals surface area contributed by atoms with E-state index < -0.39 is 5.97 Å². The highest BCUT2D eigenvalue weighted by atomic mass is 16.5. The van der Waals surface area contributed by atoms with E-state index in [0.29, 0.717) is 22.8 Å². The van der Waals surface area contributed by atoms with Gasteiger partial charge in [0.1, 0.15) is 11.8 Å². The van der Waals surface area contributed by atoms with E-state index in [1.807, 2.05) is 6.07 Å². The number of ether oxygens (including phenoxy) is 3. The summed E-state index contributed by atoms with van der Waals surface area (Å²) in [6.45, 7) is 1.83. The number of H-pyrrole nitrogens is 1.